The summed E-state index contributed by atoms with van der Waals surface area (Å²) in [7, 11) is 1.79. The van der Waals surface area contributed by atoms with Crippen LogP contribution in [0.3, 0.4) is 0 Å². The number of anilines is 1. The fourth-order valence-corrected chi connectivity index (χ4v) is 2.88. The Kier molecular flexibility index (Phi) is 3.58. The van der Waals surface area contributed by atoms with Crippen LogP contribution in [0.5, 0.6) is 0 Å². The van der Waals surface area contributed by atoms with Crippen LogP contribution in [0.2, 0.25) is 5.02 Å². The van der Waals surface area contributed by atoms with Gasteiger partial charge in [-0.25, -0.2) is 0 Å². The standard InChI is InChI=1S/C15H17ClN2O/c1-19-12-5-8-18(9-6-12)15-4-7-17-14-3-2-11(16)10-13(14)15/h2-4,7,10,12H,5-6,8-9H2,1H3. The monoisotopic (exact) mass is 276 g/mol. The second-order valence-electron chi connectivity index (χ2n) is 4.91. The molecule has 0 atom stereocenters. The number of fused-ring (bicyclic) bond motifs is 1. The van der Waals surface area contributed by atoms with E-state index in [0.717, 1.165) is 41.9 Å². The van der Waals surface area contributed by atoms with Gasteiger partial charge in [0, 0.05) is 42.5 Å². The number of hydrogen-bond acceptors (Lipinski definition) is 3. The fourth-order valence-electron chi connectivity index (χ4n) is 2.71. The van der Waals surface area contributed by atoms with E-state index in [0.29, 0.717) is 6.10 Å². The minimum atomic E-state index is 0.396. The molecule has 1 fully saturated rings. The molecular formula is C15H17ClN2O. The van der Waals surface area contributed by atoms with Crippen LogP contribution in [0.4, 0.5) is 5.69 Å². The number of piperidine rings is 1. The van der Waals surface area contributed by atoms with Crippen LogP contribution < -0.4 is 4.90 Å². The maximum absolute atomic E-state index is 6.11. The minimum Gasteiger partial charge on any atom is -0.381 e. The molecule has 100 valence electrons. The highest BCUT2D eigenvalue weighted by molar-refractivity contribution is 6.31. The largest absolute Gasteiger partial charge is 0.381 e. The Morgan fingerprint density at radius 1 is 1.26 bits per heavy atom. The summed E-state index contributed by atoms with van der Waals surface area (Å²) in [6.07, 6.45) is 4.41. The smallest absolute Gasteiger partial charge is 0.0723 e. The number of rotatable bonds is 2. The first-order valence-electron chi connectivity index (χ1n) is 6.60. The van der Waals surface area contributed by atoms with Crippen molar-refractivity contribution >= 4 is 28.2 Å². The predicted octanol–water partition coefficient (Wildman–Crippen LogP) is 3.50. The molecule has 2 aromatic rings. The first-order chi connectivity index (χ1) is 9.28. The SMILES string of the molecule is COC1CCN(c2ccnc3ccc(Cl)cc23)CC1. The lowest BCUT2D eigenvalue weighted by Gasteiger charge is -2.33. The summed E-state index contributed by atoms with van der Waals surface area (Å²) in [5.74, 6) is 0. The van der Waals surface area contributed by atoms with Gasteiger partial charge >= 0.3 is 0 Å². The molecule has 0 bridgehead atoms. The molecule has 19 heavy (non-hydrogen) atoms. The number of pyridine rings is 1. The average molecular weight is 277 g/mol. The Hall–Kier alpha value is -1.32. The van der Waals surface area contributed by atoms with Crippen molar-refractivity contribution in [3.8, 4) is 0 Å². The predicted molar refractivity (Wildman–Crippen MR) is 79.0 cm³/mol. The second-order valence-corrected chi connectivity index (χ2v) is 5.35. The third-order valence-electron chi connectivity index (χ3n) is 3.80. The van der Waals surface area contributed by atoms with Gasteiger partial charge in [0.1, 0.15) is 0 Å². The molecular weight excluding hydrogens is 260 g/mol. The number of benzene rings is 1. The molecule has 0 saturated carbocycles. The first kappa shape index (κ1) is 12.7. The second kappa shape index (κ2) is 5.35. The van der Waals surface area contributed by atoms with Crippen molar-refractivity contribution < 1.29 is 4.74 Å². The first-order valence-corrected chi connectivity index (χ1v) is 6.98. The number of aromatic nitrogens is 1. The summed E-state index contributed by atoms with van der Waals surface area (Å²) < 4.78 is 5.42. The van der Waals surface area contributed by atoms with Crippen molar-refractivity contribution in [3.63, 3.8) is 0 Å². The fraction of sp³-hybridized carbons (Fsp3) is 0.400. The van der Waals surface area contributed by atoms with E-state index in [9.17, 15) is 0 Å². The van der Waals surface area contributed by atoms with E-state index in [1.807, 2.05) is 24.4 Å². The highest BCUT2D eigenvalue weighted by Gasteiger charge is 2.20. The maximum atomic E-state index is 6.11. The maximum Gasteiger partial charge on any atom is 0.0723 e. The van der Waals surface area contributed by atoms with E-state index in [1.54, 1.807) is 7.11 Å². The van der Waals surface area contributed by atoms with Gasteiger partial charge in [-0.2, -0.15) is 0 Å². The highest BCUT2D eigenvalue weighted by atomic mass is 35.5. The summed E-state index contributed by atoms with van der Waals surface area (Å²) in [6.45, 7) is 2.04. The topological polar surface area (TPSA) is 25.4 Å². The Balaban J connectivity index is 1.94. The molecule has 0 spiro atoms. The average Bonchev–Trinajstić information content (AvgIpc) is 2.47. The highest BCUT2D eigenvalue weighted by Crippen LogP contribution is 2.30. The summed E-state index contributed by atoms with van der Waals surface area (Å²) in [6, 6.07) is 7.94. The van der Waals surface area contributed by atoms with Crippen LogP contribution in [0.15, 0.2) is 30.5 Å². The van der Waals surface area contributed by atoms with Gasteiger partial charge in [-0.1, -0.05) is 11.6 Å². The number of ether oxygens (including phenoxy) is 1. The summed E-state index contributed by atoms with van der Waals surface area (Å²) in [5, 5.41) is 1.89. The Bertz CT molecular complexity index is 579. The van der Waals surface area contributed by atoms with Crippen LogP contribution in [0.25, 0.3) is 10.9 Å². The molecule has 1 saturated heterocycles. The summed E-state index contributed by atoms with van der Waals surface area (Å²) in [4.78, 5) is 6.80. The molecule has 0 aliphatic carbocycles. The van der Waals surface area contributed by atoms with Gasteiger partial charge in [0.2, 0.25) is 0 Å². The van der Waals surface area contributed by atoms with Crippen LogP contribution in [0.1, 0.15) is 12.8 Å². The Morgan fingerprint density at radius 3 is 2.79 bits per heavy atom. The van der Waals surface area contributed by atoms with E-state index < -0.39 is 0 Å². The van der Waals surface area contributed by atoms with Gasteiger partial charge in [-0.3, -0.25) is 4.98 Å². The summed E-state index contributed by atoms with van der Waals surface area (Å²) >= 11 is 6.11. The molecule has 1 aromatic heterocycles. The molecule has 2 heterocycles. The molecule has 4 heteroatoms. The van der Waals surface area contributed by atoms with Crippen LogP contribution in [-0.4, -0.2) is 31.3 Å². The zero-order valence-corrected chi connectivity index (χ0v) is 11.7. The molecule has 1 aliphatic heterocycles. The molecule has 0 amide bonds. The van der Waals surface area contributed by atoms with Crippen LogP contribution >= 0.6 is 11.6 Å². The van der Waals surface area contributed by atoms with Gasteiger partial charge in [0.05, 0.1) is 11.6 Å². The van der Waals surface area contributed by atoms with Crippen molar-refractivity contribution in [2.24, 2.45) is 0 Å². The molecule has 0 unspecified atom stereocenters. The van der Waals surface area contributed by atoms with Crippen LogP contribution in [0, 0.1) is 0 Å². The molecule has 3 nitrogen and oxygen atoms in total. The van der Waals surface area contributed by atoms with E-state index in [1.165, 1.54) is 5.69 Å². The lowest BCUT2D eigenvalue weighted by atomic mass is 10.1. The number of halogens is 1. The lowest BCUT2D eigenvalue weighted by Crippen LogP contribution is -2.36. The normalized spacial score (nSPS) is 17.1. The van der Waals surface area contributed by atoms with Crippen LogP contribution in [-0.2, 0) is 4.74 Å². The van der Waals surface area contributed by atoms with Crippen molar-refractivity contribution in [2.75, 3.05) is 25.1 Å². The van der Waals surface area contributed by atoms with Gasteiger partial charge < -0.3 is 9.64 Å². The van der Waals surface area contributed by atoms with E-state index in [2.05, 4.69) is 16.0 Å². The Labute approximate surface area is 118 Å². The third-order valence-corrected chi connectivity index (χ3v) is 4.03. The summed E-state index contributed by atoms with van der Waals surface area (Å²) in [5.41, 5.74) is 2.22. The number of hydrogen-bond donors (Lipinski definition) is 0. The molecule has 0 radical (unpaired) electrons. The zero-order chi connectivity index (χ0) is 13.2. The Morgan fingerprint density at radius 2 is 2.05 bits per heavy atom. The van der Waals surface area contributed by atoms with E-state index >= 15 is 0 Å². The molecule has 1 aromatic carbocycles. The quantitative estimate of drug-likeness (QED) is 0.839. The van der Waals surface area contributed by atoms with Crippen molar-refractivity contribution in [3.05, 3.63) is 35.5 Å². The van der Waals surface area contributed by atoms with Gasteiger partial charge in [0.25, 0.3) is 0 Å². The zero-order valence-electron chi connectivity index (χ0n) is 11.0. The number of methoxy groups -OCH3 is 1. The minimum absolute atomic E-state index is 0.396. The van der Waals surface area contributed by atoms with Crippen molar-refractivity contribution in [1.29, 1.82) is 0 Å². The van der Waals surface area contributed by atoms with Gasteiger partial charge in [-0.15, -0.1) is 0 Å². The van der Waals surface area contributed by atoms with Crippen molar-refractivity contribution in [2.45, 2.75) is 18.9 Å². The number of nitrogens with zero attached hydrogens (tertiary/aromatic N) is 2. The van der Waals surface area contributed by atoms with Crippen molar-refractivity contribution in [1.82, 2.24) is 4.98 Å². The third kappa shape index (κ3) is 2.53. The molecule has 1 aliphatic rings. The molecule has 0 N–H and O–H groups in total. The van der Waals surface area contributed by atoms with E-state index in [-0.39, 0.29) is 0 Å². The molecule has 3 rings (SSSR count). The van der Waals surface area contributed by atoms with E-state index in [4.69, 9.17) is 16.3 Å². The van der Waals surface area contributed by atoms with Gasteiger partial charge in [0.15, 0.2) is 0 Å². The van der Waals surface area contributed by atoms with Gasteiger partial charge in [-0.05, 0) is 37.1 Å². The lowest BCUT2D eigenvalue weighted by molar-refractivity contribution is 0.0819.